The van der Waals surface area contributed by atoms with Crippen LogP contribution < -0.4 is 5.32 Å². The standard InChI is InChI=1S/C20H20ClN5OS/c1-4-11-26-18(15-7-9-22-10-8-15)24-25-20(26)28-14(3)19(27)23-17-12-16(21)6-5-13(17)2/h4-10,12,14H,1,11H2,2-3H3,(H,23,27)/t14-/m1/s1. The first-order valence-electron chi connectivity index (χ1n) is 8.67. The quantitative estimate of drug-likeness (QED) is 0.452. The van der Waals surface area contributed by atoms with Gasteiger partial charge in [-0.05, 0) is 43.7 Å². The van der Waals surface area contributed by atoms with Crippen molar-refractivity contribution in [2.75, 3.05) is 5.32 Å². The summed E-state index contributed by atoms with van der Waals surface area (Å²) in [4.78, 5) is 16.7. The lowest BCUT2D eigenvalue weighted by Crippen LogP contribution is -2.23. The van der Waals surface area contributed by atoms with Gasteiger partial charge in [-0.25, -0.2) is 0 Å². The van der Waals surface area contributed by atoms with E-state index in [1.54, 1.807) is 30.6 Å². The molecule has 0 saturated heterocycles. The minimum Gasteiger partial charge on any atom is -0.325 e. The fourth-order valence-corrected chi connectivity index (χ4v) is 3.59. The maximum Gasteiger partial charge on any atom is 0.237 e. The third kappa shape index (κ3) is 4.61. The molecule has 1 atom stereocenters. The predicted octanol–water partition coefficient (Wildman–Crippen LogP) is 4.61. The van der Waals surface area contributed by atoms with Crippen molar-refractivity contribution >= 4 is 35.0 Å². The lowest BCUT2D eigenvalue weighted by Gasteiger charge is -2.14. The molecule has 0 saturated carbocycles. The second-order valence-electron chi connectivity index (χ2n) is 6.15. The third-order valence-electron chi connectivity index (χ3n) is 4.08. The highest BCUT2D eigenvalue weighted by Crippen LogP contribution is 2.28. The van der Waals surface area contributed by atoms with E-state index in [4.69, 9.17) is 11.6 Å². The van der Waals surface area contributed by atoms with Gasteiger partial charge in [-0.2, -0.15) is 0 Å². The number of hydrogen-bond donors (Lipinski definition) is 1. The van der Waals surface area contributed by atoms with E-state index in [1.165, 1.54) is 11.8 Å². The maximum absolute atomic E-state index is 12.7. The average Bonchev–Trinajstić information content (AvgIpc) is 3.08. The van der Waals surface area contributed by atoms with Crippen LogP contribution in [0, 0.1) is 6.92 Å². The van der Waals surface area contributed by atoms with Crippen LogP contribution in [0.1, 0.15) is 12.5 Å². The summed E-state index contributed by atoms with van der Waals surface area (Å²) >= 11 is 7.38. The van der Waals surface area contributed by atoms with Crippen LogP contribution in [0.2, 0.25) is 5.02 Å². The van der Waals surface area contributed by atoms with Gasteiger partial charge in [0, 0.05) is 35.2 Å². The smallest absolute Gasteiger partial charge is 0.237 e. The fourth-order valence-electron chi connectivity index (χ4n) is 2.56. The van der Waals surface area contributed by atoms with Gasteiger partial charge in [-0.1, -0.05) is 35.5 Å². The van der Waals surface area contributed by atoms with E-state index in [0.29, 0.717) is 28.2 Å². The average molecular weight is 414 g/mol. The molecule has 0 radical (unpaired) electrons. The summed E-state index contributed by atoms with van der Waals surface area (Å²) in [7, 11) is 0. The van der Waals surface area contributed by atoms with Gasteiger partial charge in [0.15, 0.2) is 11.0 Å². The Morgan fingerprint density at radius 1 is 1.32 bits per heavy atom. The van der Waals surface area contributed by atoms with Gasteiger partial charge in [-0.15, -0.1) is 16.8 Å². The van der Waals surface area contributed by atoms with Crippen molar-refractivity contribution in [2.45, 2.75) is 30.8 Å². The lowest BCUT2D eigenvalue weighted by atomic mass is 10.2. The number of halogens is 1. The Morgan fingerprint density at radius 2 is 2.07 bits per heavy atom. The largest absolute Gasteiger partial charge is 0.325 e. The highest BCUT2D eigenvalue weighted by atomic mass is 35.5. The Morgan fingerprint density at radius 3 is 2.79 bits per heavy atom. The minimum atomic E-state index is -0.378. The van der Waals surface area contributed by atoms with Crippen LogP contribution in [0.25, 0.3) is 11.4 Å². The van der Waals surface area contributed by atoms with Crippen molar-refractivity contribution in [1.29, 1.82) is 0 Å². The molecule has 2 aromatic heterocycles. The number of aryl methyl sites for hydroxylation is 1. The molecular weight excluding hydrogens is 394 g/mol. The monoisotopic (exact) mass is 413 g/mol. The Labute approximate surface area is 173 Å². The van der Waals surface area contributed by atoms with Crippen LogP contribution >= 0.6 is 23.4 Å². The van der Waals surface area contributed by atoms with Crippen molar-refractivity contribution < 1.29 is 4.79 Å². The van der Waals surface area contributed by atoms with E-state index in [0.717, 1.165) is 11.1 Å². The Hall–Kier alpha value is -2.64. The molecule has 144 valence electrons. The molecule has 0 aliphatic rings. The second-order valence-corrected chi connectivity index (χ2v) is 7.89. The second kappa shape index (κ2) is 9.03. The first kappa shape index (κ1) is 20.1. The molecule has 3 rings (SSSR count). The Balaban J connectivity index is 1.79. The van der Waals surface area contributed by atoms with E-state index in [-0.39, 0.29) is 11.2 Å². The summed E-state index contributed by atoms with van der Waals surface area (Å²) in [5.74, 6) is 0.581. The number of allylic oxidation sites excluding steroid dienone is 1. The van der Waals surface area contributed by atoms with Crippen molar-refractivity contribution in [3.63, 3.8) is 0 Å². The van der Waals surface area contributed by atoms with Crippen molar-refractivity contribution in [3.8, 4) is 11.4 Å². The van der Waals surface area contributed by atoms with E-state index in [1.807, 2.05) is 36.6 Å². The zero-order chi connectivity index (χ0) is 20.1. The number of amides is 1. The van der Waals surface area contributed by atoms with E-state index in [2.05, 4.69) is 27.1 Å². The molecule has 1 amide bonds. The van der Waals surface area contributed by atoms with Crippen LogP contribution in [-0.2, 0) is 11.3 Å². The van der Waals surface area contributed by atoms with Gasteiger partial charge in [0.25, 0.3) is 0 Å². The summed E-state index contributed by atoms with van der Waals surface area (Å²) in [6, 6.07) is 9.15. The van der Waals surface area contributed by atoms with Crippen molar-refractivity contribution in [1.82, 2.24) is 19.7 Å². The molecule has 28 heavy (non-hydrogen) atoms. The van der Waals surface area contributed by atoms with Crippen LogP contribution in [-0.4, -0.2) is 30.9 Å². The van der Waals surface area contributed by atoms with Gasteiger partial charge in [-0.3, -0.25) is 14.3 Å². The molecule has 0 aliphatic carbocycles. The van der Waals surface area contributed by atoms with E-state index < -0.39 is 0 Å². The number of nitrogens with zero attached hydrogens (tertiary/aromatic N) is 4. The molecule has 1 aromatic carbocycles. The van der Waals surface area contributed by atoms with Gasteiger partial charge in [0.1, 0.15) is 0 Å². The summed E-state index contributed by atoms with van der Waals surface area (Å²) < 4.78 is 1.93. The Kier molecular flexibility index (Phi) is 6.49. The number of thioether (sulfide) groups is 1. The summed E-state index contributed by atoms with van der Waals surface area (Å²) in [6.07, 6.45) is 5.19. The topological polar surface area (TPSA) is 72.7 Å². The van der Waals surface area contributed by atoms with E-state index >= 15 is 0 Å². The van der Waals surface area contributed by atoms with Gasteiger partial charge in [0.2, 0.25) is 5.91 Å². The van der Waals surface area contributed by atoms with Crippen LogP contribution in [0.15, 0.2) is 60.5 Å². The molecule has 2 heterocycles. The number of carbonyl (C=O) groups excluding carboxylic acids is 1. The van der Waals surface area contributed by atoms with Crippen molar-refractivity contribution in [2.24, 2.45) is 0 Å². The number of carbonyl (C=O) groups is 1. The maximum atomic E-state index is 12.7. The fraction of sp³-hybridized carbons (Fsp3) is 0.200. The molecular formula is C20H20ClN5OS. The van der Waals surface area contributed by atoms with Crippen LogP contribution in [0.5, 0.6) is 0 Å². The summed E-state index contributed by atoms with van der Waals surface area (Å²) in [6.45, 7) is 8.10. The minimum absolute atomic E-state index is 0.131. The number of pyridine rings is 1. The predicted molar refractivity (Wildman–Crippen MR) is 114 cm³/mol. The Bertz CT molecular complexity index is 990. The lowest BCUT2D eigenvalue weighted by molar-refractivity contribution is -0.115. The van der Waals surface area contributed by atoms with E-state index in [9.17, 15) is 4.79 Å². The van der Waals surface area contributed by atoms with Gasteiger partial charge in [0.05, 0.1) is 5.25 Å². The van der Waals surface area contributed by atoms with Gasteiger partial charge >= 0.3 is 0 Å². The van der Waals surface area contributed by atoms with Gasteiger partial charge < -0.3 is 5.32 Å². The zero-order valence-corrected chi connectivity index (χ0v) is 17.2. The number of rotatable bonds is 7. The SMILES string of the molecule is C=CCn1c(S[C@H](C)C(=O)Nc2cc(Cl)ccc2C)nnc1-c1ccncc1. The number of anilines is 1. The first-order valence-corrected chi connectivity index (χ1v) is 9.93. The molecule has 0 unspecified atom stereocenters. The molecule has 8 heteroatoms. The molecule has 0 aliphatic heterocycles. The first-order chi connectivity index (χ1) is 13.5. The van der Waals surface area contributed by atoms with Crippen LogP contribution in [0.3, 0.4) is 0 Å². The third-order valence-corrected chi connectivity index (χ3v) is 5.39. The summed E-state index contributed by atoms with van der Waals surface area (Å²) in [5, 5.41) is 12.4. The molecule has 6 nitrogen and oxygen atoms in total. The normalized spacial score (nSPS) is 11.8. The number of benzene rings is 1. The molecule has 3 aromatic rings. The van der Waals surface area contributed by atoms with Crippen LogP contribution in [0.4, 0.5) is 5.69 Å². The molecule has 0 fully saturated rings. The molecule has 0 bridgehead atoms. The number of nitrogens with one attached hydrogen (secondary N) is 1. The highest BCUT2D eigenvalue weighted by Gasteiger charge is 2.21. The number of aromatic nitrogens is 4. The number of hydrogen-bond acceptors (Lipinski definition) is 5. The highest BCUT2D eigenvalue weighted by molar-refractivity contribution is 8.00. The van der Waals surface area contributed by atoms with Crippen molar-refractivity contribution in [3.05, 3.63) is 66.0 Å². The molecule has 1 N–H and O–H groups in total. The molecule has 0 spiro atoms. The zero-order valence-electron chi connectivity index (χ0n) is 15.6. The summed E-state index contributed by atoms with van der Waals surface area (Å²) in [5.41, 5.74) is 2.56.